The maximum atomic E-state index is 5.95. The Bertz CT molecular complexity index is 439. The molecule has 3 nitrogen and oxygen atoms in total. The van der Waals surface area contributed by atoms with Crippen LogP contribution in [0.3, 0.4) is 0 Å². The van der Waals surface area contributed by atoms with Crippen LogP contribution in [0.2, 0.25) is 5.15 Å². The molecule has 0 radical (unpaired) electrons. The Balaban J connectivity index is 2.02. The van der Waals surface area contributed by atoms with Crippen molar-refractivity contribution in [2.24, 2.45) is 7.05 Å². The summed E-state index contributed by atoms with van der Waals surface area (Å²) in [5.41, 5.74) is 1.11. The number of halogens is 1. The predicted octanol–water partition coefficient (Wildman–Crippen LogP) is 2.65. The Hall–Kier alpha value is -1.48. The summed E-state index contributed by atoms with van der Waals surface area (Å²) in [6.07, 6.45) is 1.62. The first-order chi connectivity index (χ1) is 7.27. The highest BCUT2D eigenvalue weighted by atomic mass is 35.5. The van der Waals surface area contributed by atoms with Gasteiger partial charge in [-0.1, -0.05) is 41.9 Å². The molecule has 0 saturated carbocycles. The minimum atomic E-state index is 0.506. The van der Waals surface area contributed by atoms with E-state index in [1.807, 2.05) is 30.3 Å². The van der Waals surface area contributed by atoms with Gasteiger partial charge in [-0.05, 0) is 5.56 Å². The standard InChI is InChI=1S/C11H11ClN2O/c1-14-11(12)10(7-13-14)15-8-9-5-3-2-4-6-9/h2-7H,8H2,1H3. The van der Waals surface area contributed by atoms with Crippen LogP contribution in [0.1, 0.15) is 5.56 Å². The van der Waals surface area contributed by atoms with E-state index in [9.17, 15) is 0 Å². The minimum Gasteiger partial charge on any atom is -0.484 e. The van der Waals surface area contributed by atoms with Gasteiger partial charge in [0.25, 0.3) is 0 Å². The number of benzene rings is 1. The van der Waals surface area contributed by atoms with Crippen LogP contribution >= 0.6 is 11.6 Å². The molecular formula is C11H11ClN2O. The van der Waals surface area contributed by atoms with Crippen molar-refractivity contribution < 1.29 is 4.74 Å². The Morgan fingerprint density at radius 2 is 2.07 bits per heavy atom. The summed E-state index contributed by atoms with van der Waals surface area (Å²) in [7, 11) is 1.78. The lowest BCUT2D eigenvalue weighted by molar-refractivity contribution is 0.306. The highest BCUT2D eigenvalue weighted by molar-refractivity contribution is 6.30. The van der Waals surface area contributed by atoms with E-state index < -0.39 is 0 Å². The van der Waals surface area contributed by atoms with Gasteiger partial charge in [-0.15, -0.1) is 0 Å². The molecule has 1 aromatic heterocycles. The fraction of sp³-hybridized carbons (Fsp3) is 0.182. The number of aromatic nitrogens is 2. The maximum Gasteiger partial charge on any atom is 0.176 e. The summed E-state index contributed by atoms with van der Waals surface area (Å²) in [6.45, 7) is 0.506. The number of rotatable bonds is 3. The second-order valence-corrected chi connectivity index (χ2v) is 3.56. The van der Waals surface area contributed by atoms with E-state index in [1.165, 1.54) is 0 Å². The minimum absolute atomic E-state index is 0.506. The van der Waals surface area contributed by atoms with Crippen molar-refractivity contribution in [3.8, 4) is 5.75 Å². The molecule has 0 aliphatic carbocycles. The van der Waals surface area contributed by atoms with Crippen LogP contribution in [0.4, 0.5) is 0 Å². The number of nitrogens with zero attached hydrogens (tertiary/aromatic N) is 2. The van der Waals surface area contributed by atoms with Crippen molar-refractivity contribution in [1.82, 2.24) is 9.78 Å². The topological polar surface area (TPSA) is 27.1 Å². The third kappa shape index (κ3) is 2.30. The normalized spacial score (nSPS) is 10.3. The number of ether oxygens (including phenoxy) is 1. The second-order valence-electron chi connectivity index (χ2n) is 3.20. The van der Waals surface area contributed by atoms with Gasteiger partial charge in [0, 0.05) is 7.05 Å². The lowest BCUT2D eigenvalue weighted by Gasteiger charge is -2.03. The molecule has 1 heterocycles. The fourth-order valence-corrected chi connectivity index (χ4v) is 1.38. The number of hydrogen-bond acceptors (Lipinski definition) is 2. The Labute approximate surface area is 93.2 Å². The first-order valence-electron chi connectivity index (χ1n) is 4.61. The second kappa shape index (κ2) is 4.36. The summed E-state index contributed by atoms with van der Waals surface area (Å²) in [4.78, 5) is 0. The summed E-state index contributed by atoms with van der Waals surface area (Å²) in [5.74, 6) is 0.614. The van der Waals surface area contributed by atoms with E-state index in [4.69, 9.17) is 16.3 Å². The van der Waals surface area contributed by atoms with Crippen LogP contribution in [0.5, 0.6) is 5.75 Å². The van der Waals surface area contributed by atoms with Gasteiger partial charge in [-0.25, -0.2) is 0 Å². The van der Waals surface area contributed by atoms with Gasteiger partial charge >= 0.3 is 0 Å². The van der Waals surface area contributed by atoms with Crippen LogP contribution in [-0.4, -0.2) is 9.78 Å². The van der Waals surface area contributed by atoms with E-state index in [0.717, 1.165) is 5.56 Å². The molecule has 0 fully saturated rings. The molecular weight excluding hydrogens is 212 g/mol. The highest BCUT2D eigenvalue weighted by Crippen LogP contribution is 2.23. The van der Waals surface area contributed by atoms with Crippen molar-refractivity contribution >= 4 is 11.6 Å². The molecule has 0 atom stereocenters. The Morgan fingerprint density at radius 1 is 1.33 bits per heavy atom. The summed E-state index contributed by atoms with van der Waals surface area (Å²) < 4.78 is 7.10. The average molecular weight is 223 g/mol. The molecule has 0 bridgehead atoms. The molecule has 0 aliphatic rings. The van der Waals surface area contributed by atoms with Gasteiger partial charge in [0.15, 0.2) is 10.9 Å². The van der Waals surface area contributed by atoms with E-state index in [0.29, 0.717) is 17.5 Å². The van der Waals surface area contributed by atoms with Gasteiger partial charge < -0.3 is 4.74 Å². The summed E-state index contributed by atoms with van der Waals surface area (Å²) >= 11 is 5.95. The lowest BCUT2D eigenvalue weighted by atomic mass is 10.2. The highest BCUT2D eigenvalue weighted by Gasteiger charge is 2.06. The monoisotopic (exact) mass is 222 g/mol. The van der Waals surface area contributed by atoms with E-state index in [2.05, 4.69) is 5.10 Å². The summed E-state index contributed by atoms with van der Waals surface area (Å²) in [5, 5.41) is 4.51. The first kappa shape index (κ1) is 10.1. The molecule has 0 saturated heterocycles. The fourth-order valence-electron chi connectivity index (χ4n) is 1.23. The van der Waals surface area contributed by atoms with Crippen molar-refractivity contribution in [2.75, 3.05) is 0 Å². The van der Waals surface area contributed by atoms with Gasteiger partial charge in [0.05, 0.1) is 6.20 Å². The third-order valence-electron chi connectivity index (χ3n) is 2.07. The van der Waals surface area contributed by atoms with Gasteiger partial charge in [0.2, 0.25) is 0 Å². The summed E-state index contributed by atoms with van der Waals surface area (Å²) in [6, 6.07) is 9.93. The van der Waals surface area contributed by atoms with Gasteiger partial charge in [-0.3, -0.25) is 4.68 Å². The molecule has 0 unspecified atom stereocenters. The van der Waals surface area contributed by atoms with E-state index in [-0.39, 0.29) is 0 Å². The third-order valence-corrected chi connectivity index (χ3v) is 2.50. The molecule has 78 valence electrons. The van der Waals surface area contributed by atoms with Crippen LogP contribution < -0.4 is 4.74 Å². The van der Waals surface area contributed by atoms with Crippen molar-refractivity contribution in [3.05, 3.63) is 47.2 Å². The van der Waals surface area contributed by atoms with Crippen molar-refractivity contribution in [2.45, 2.75) is 6.61 Å². The molecule has 2 rings (SSSR count). The predicted molar refractivity (Wildman–Crippen MR) is 59.0 cm³/mol. The van der Waals surface area contributed by atoms with Crippen LogP contribution in [0, 0.1) is 0 Å². The van der Waals surface area contributed by atoms with Crippen molar-refractivity contribution in [3.63, 3.8) is 0 Å². The van der Waals surface area contributed by atoms with Crippen LogP contribution in [0.25, 0.3) is 0 Å². The van der Waals surface area contributed by atoms with Gasteiger partial charge in [0.1, 0.15) is 6.61 Å². The molecule has 0 aliphatic heterocycles. The van der Waals surface area contributed by atoms with Crippen molar-refractivity contribution in [1.29, 1.82) is 0 Å². The van der Waals surface area contributed by atoms with E-state index in [1.54, 1.807) is 17.9 Å². The largest absolute Gasteiger partial charge is 0.484 e. The average Bonchev–Trinajstić information content (AvgIpc) is 2.59. The molecule has 0 N–H and O–H groups in total. The molecule has 4 heteroatoms. The first-order valence-corrected chi connectivity index (χ1v) is 4.99. The van der Waals surface area contributed by atoms with Crippen LogP contribution in [0.15, 0.2) is 36.5 Å². The Morgan fingerprint density at radius 3 is 2.67 bits per heavy atom. The zero-order chi connectivity index (χ0) is 10.7. The van der Waals surface area contributed by atoms with Crippen LogP contribution in [-0.2, 0) is 13.7 Å². The quantitative estimate of drug-likeness (QED) is 0.799. The smallest absolute Gasteiger partial charge is 0.176 e. The van der Waals surface area contributed by atoms with E-state index >= 15 is 0 Å². The molecule has 1 aromatic carbocycles. The molecule has 15 heavy (non-hydrogen) atoms. The Kier molecular flexibility index (Phi) is 2.92. The number of aryl methyl sites for hydroxylation is 1. The molecule has 2 aromatic rings. The maximum absolute atomic E-state index is 5.95. The number of hydrogen-bond donors (Lipinski definition) is 0. The zero-order valence-corrected chi connectivity index (χ0v) is 9.11. The zero-order valence-electron chi connectivity index (χ0n) is 8.35. The lowest BCUT2D eigenvalue weighted by Crippen LogP contribution is -1.95. The SMILES string of the molecule is Cn1ncc(OCc2ccccc2)c1Cl. The molecule has 0 spiro atoms. The van der Waals surface area contributed by atoms with Gasteiger partial charge in [-0.2, -0.15) is 5.10 Å². The molecule has 0 amide bonds.